The van der Waals surface area contributed by atoms with Crippen LogP contribution in [0.1, 0.15) is 43.4 Å². The van der Waals surface area contributed by atoms with Gasteiger partial charge in [0, 0.05) is 18.5 Å². The molecule has 9 nitrogen and oxygen atoms in total. The Bertz CT molecular complexity index is 1320. The highest BCUT2D eigenvalue weighted by Crippen LogP contribution is 2.41. The predicted molar refractivity (Wildman–Crippen MR) is 139 cm³/mol. The summed E-state index contributed by atoms with van der Waals surface area (Å²) in [5.74, 6) is 0.205. The van der Waals surface area contributed by atoms with Crippen LogP contribution < -0.4 is 18.8 Å². The highest BCUT2D eigenvalue weighted by molar-refractivity contribution is 6.46. The summed E-state index contributed by atoms with van der Waals surface area (Å²) in [6.07, 6.45) is 8.19. The van der Waals surface area contributed by atoms with Gasteiger partial charge in [0.05, 0.1) is 24.8 Å². The van der Waals surface area contributed by atoms with Crippen molar-refractivity contribution in [1.82, 2.24) is 9.88 Å². The van der Waals surface area contributed by atoms with E-state index < -0.39 is 17.7 Å². The number of aliphatic hydroxyl groups excluding tert-OH is 1. The second kappa shape index (κ2) is 11.4. The Balaban J connectivity index is 1.48. The smallest absolute Gasteiger partial charge is 0.295 e. The summed E-state index contributed by atoms with van der Waals surface area (Å²) in [7, 11) is 0. The van der Waals surface area contributed by atoms with Gasteiger partial charge in [0.15, 0.2) is 11.5 Å². The number of likely N-dealkylation sites (tertiary alicyclic amines) is 1. The number of Topliss-reactive ketones (excluding diaryl/α,β-unsaturated/α-hetero) is 1. The second-order valence-electron chi connectivity index (χ2n) is 9.32. The molecule has 1 amide bonds. The molecule has 1 saturated heterocycles. The maximum Gasteiger partial charge on any atom is 0.295 e. The lowest BCUT2D eigenvalue weighted by molar-refractivity contribution is -0.695. The Morgan fingerprint density at radius 3 is 2.63 bits per heavy atom. The van der Waals surface area contributed by atoms with E-state index >= 15 is 0 Å². The van der Waals surface area contributed by atoms with Gasteiger partial charge in [-0.25, -0.2) is 4.57 Å². The Morgan fingerprint density at radius 1 is 1.11 bits per heavy atom. The summed E-state index contributed by atoms with van der Waals surface area (Å²) in [5.41, 5.74) is 1.17. The minimum absolute atomic E-state index is 0.0561. The summed E-state index contributed by atoms with van der Waals surface area (Å²) in [6.45, 7) is 4.59. The highest BCUT2D eigenvalue weighted by atomic mass is 16.6. The van der Waals surface area contributed by atoms with Gasteiger partial charge in [0.1, 0.15) is 37.1 Å². The molecular formula is C29H32N3O6+. The van der Waals surface area contributed by atoms with Crippen LogP contribution in [0.15, 0.2) is 66.8 Å². The zero-order valence-corrected chi connectivity index (χ0v) is 21.4. The molecule has 0 saturated carbocycles. The first-order chi connectivity index (χ1) is 18.6. The van der Waals surface area contributed by atoms with Crippen molar-refractivity contribution in [2.45, 2.75) is 38.8 Å². The number of carbonyl (C=O) groups is 2. The van der Waals surface area contributed by atoms with Crippen molar-refractivity contribution in [1.29, 1.82) is 0 Å². The number of nitrogens with one attached hydrogen (secondary N) is 1. The van der Waals surface area contributed by atoms with Crippen LogP contribution in [0.2, 0.25) is 0 Å². The molecule has 2 aromatic carbocycles. The van der Waals surface area contributed by atoms with E-state index in [0.717, 1.165) is 24.2 Å². The number of benzene rings is 2. The molecule has 1 unspecified atom stereocenters. The number of aliphatic hydroxyl groups is 1. The first-order valence-corrected chi connectivity index (χ1v) is 13.0. The lowest BCUT2D eigenvalue weighted by Crippen LogP contribution is -2.36. The molecule has 1 aromatic heterocycles. The number of nitrogens with zero attached hydrogens (tertiary/aromatic N) is 2. The molecule has 1 fully saturated rings. The van der Waals surface area contributed by atoms with E-state index in [1.54, 1.807) is 23.1 Å². The quantitative estimate of drug-likeness (QED) is 0.139. The number of aryl methyl sites for hydroxylation is 1. The lowest BCUT2D eigenvalue weighted by atomic mass is 9.95. The third kappa shape index (κ3) is 5.22. The number of hydrogen-bond acceptors (Lipinski definition) is 6. The molecule has 2 N–H and O–H groups in total. The van der Waals surface area contributed by atoms with E-state index in [0.29, 0.717) is 56.4 Å². The van der Waals surface area contributed by atoms with Crippen LogP contribution in [0.25, 0.3) is 5.76 Å². The van der Waals surface area contributed by atoms with E-state index in [-0.39, 0.29) is 11.3 Å². The SMILES string of the molecule is CCCCOc1ccc(C2C(=C(O)c3ccc4c(c3)OCCO4)C(=O)C(=O)N2CCC[n+]2cc[nH]c2)cc1. The fraction of sp³-hybridized carbons (Fsp3) is 0.345. The van der Waals surface area contributed by atoms with Crippen LogP contribution in [0.4, 0.5) is 0 Å². The van der Waals surface area contributed by atoms with Crippen molar-refractivity contribution in [3.05, 3.63) is 77.9 Å². The van der Waals surface area contributed by atoms with Crippen molar-refractivity contribution < 1.29 is 33.5 Å². The van der Waals surface area contributed by atoms with Gasteiger partial charge in [-0.05, 0) is 42.3 Å². The molecule has 2 aliphatic rings. The first-order valence-electron chi connectivity index (χ1n) is 13.0. The topological polar surface area (TPSA) is 105 Å². The van der Waals surface area contributed by atoms with Gasteiger partial charge in [-0.1, -0.05) is 25.5 Å². The number of amides is 1. The molecule has 5 rings (SSSR count). The van der Waals surface area contributed by atoms with Gasteiger partial charge >= 0.3 is 0 Å². The Kier molecular flexibility index (Phi) is 7.62. The zero-order chi connectivity index (χ0) is 26.5. The molecule has 2 aliphatic heterocycles. The first kappa shape index (κ1) is 25.4. The Morgan fingerprint density at radius 2 is 1.89 bits per heavy atom. The third-order valence-electron chi connectivity index (χ3n) is 6.74. The molecule has 1 atom stereocenters. The number of carbonyl (C=O) groups excluding carboxylic acids is 2. The van der Waals surface area contributed by atoms with Crippen LogP contribution >= 0.6 is 0 Å². The minimum Gasteiger partial charge on any atom is -0.507 e. The van der Waals surface area contributed by atoms with Crippen LogP contribution in [0.3, 0.4) is 0 Å². The molecule has 3 aromatic rings. The maximum absolute atomic E-state index is 13.3. The summed E-state index contributed by atoms with van der Waals surface area (Å²) in [4.78, 5) is 31.1. The van der Waals surface area contributed by atoms with Crippen LogP contribution in [0, 0.1) is 0 Å². The number of hydrogen-bond donors (Lipinski definition) is 2. The van der Waals surface area contributed by atoms with Gasteiger partial charge in [0.2, 0.25) is 6.33 Å². The monoisotopic (exact) mass is 518 g/mol. The van der Waals surface area contributed by atoms with Gasteiger partial charge in [-0.3, -0.25) is 14.6 Å². The number of rotatable bonds is 10. The normalized spacial score (nSPS) is 18.1. The van der Waals surface area contributed by atoms with Crippen molar-refractivity contribution in [3.63, 3.8) is 0 Å². The molecule has 0 radical (unpaired) electrons. The number of unbranched alkanes of at least 4 members (excludes halogenated alkanes) is 1. The van der Waals surface area contributed by atoms with Crippen molar-refractivity contribution in [3.8, 4) is 17.2 Å². The summed E-state index contributed by atoms with van der Waals surface area (Å²) < 4.78 is 19.0. The van der Waals surface area contributed by atoms with Gasteiger partial charge in [-0.15, -0.1) is 0 Å². The van der Waals surface area contributed by atoms with Crippen LogP contribution in [-0.4, -0.2) is 53.0 Å². The van der Waals surface area contributed by atoms with E-state index in [1.807, 2.05) is 47.6 Å². The molecule has 38 heavy (non-hydrogen) atoms. The van der Waals surface area contributed by atoms with E-state index in [1.165, 1.54) is 0 Å². The molecule has 0 aliphatic carbocycles. The summed E-state index contributed by atoms with van der Waals surface area (Å²) in [5, 5.41) is 11.4. The van der Waals surface area contributed by atoms with E-state index in [4.69, 9.17) is 14.2 Å². The molecule has 198 valence electrons. The summed E-state index contributed by atoms with van der Waals surface area (Å²) >= 11 is 0. The highest BCUT2D eigenvalue weighted by Gasteiger charge is 2.46. The van der Waals surface area contributed by atoms with Crippen molar-refractivity contribution in [2.75, 3.05) is 26.4 Å². The fourth-order valence-corrected chi connectivity index (χ4v) is 4.77. The molecule has 0 bridgehead atoms. The number of H-pyrrole nitrogens is 1. The summed E-state index contributed by atoms with van der Waals surface area (Å²) in [6, 6.07) is 11.7. The zero-order valence-electron chi connectivity index (χ0n) is 21.4. The van der Waals surface area contributed by atoms with Crippen LogP contribution in [0.5, 0.6) is 17.2 Å². The second-order valence-corrected chi connectivity index (χ2v) is 9.32. The number of ketones is 1. The molecule has 3 heterocycles. The average molecular weight is 519 g/mol. The standard InChI is InChI=1S/C29H31N3O6/c1-2-3-15-36-22-8-5-20(6-9-22)26-25(27(33)21-7-10-23-24(18-21)38-17-16-37-23)28(34)29(35)32(26)13-4-12-31-14-11-30-19-31/h5-11,14,18-19,26H,2-4,12-13,15-17H2,1H3,(H,33,34)/p+1. The third-order valence-corrected chi connectivity index (χ3v) is 6.74. The fourth-order valence-electron chi connectivity index (χ4n) is 4.77. The minimum atomic E-state index is -0.732. The van der Waals surface area contributed by atoms with E-state index in [2.05, 4.69) is 11.9 Å². The average Bonchev–Trinajstić information content (AvgIpc) is 3.55. The maximum atomic E-state index is 13.3. The predicted octanol–water partition coefficient (Wildman–Crippen LogP) is 3.76. The Hall–Kier alpha value is -4.27. The van der Waals surface area contributed by atoms with E-state index in [9.17, 15) is 14.7 Å². The van der Waals surface area contributed by atoms with Crippen LogP contribution in [-0.2, 0) is 16.1 Å². The lowest BCUT2D eigenvalue weighted by Gasteiger charge is -2.25. The largest absolute Gasteiger partial charge is 0.507 e. The molecule has 9 heteroatoms. The van der Waals surface area contributed by atoms with Crippen molar-refractivity contribution >= 4 is 17.4 Å². The van der Waals surface area contributed by atoms with Crippen molar-refractivity contribution in [2.24, 2.45) is 0 Å². The number of imidazole rings is 1. The Labute approximate surface area is 221 Å². The number of aromatic amines is 1. The molecule has 0 spiro atoms. The van der Waals surface area contributed by atoms with Gasteiger partial charge in [-0.2, -0.15) is 0 Å². The van der Waals surface area contributed by atoms with Gasteiger partial charge < -0.3 is 24.2 Å². The van der Waals surface area contributed by atoms with Gasteiger partial charge in [0.25, 0.3) is 11.7 Å². The number of aromatic nitrogens is 2. The molecular weight excluding hydrogens is 486 g/mol. The number of fused-ring (bicyclic) bond motifs is 1. The number of ether oxygens (including phenoxy) is 3.